The molecule has 0 N–H and O–H groups in total. The fraction of sp³-hybridized carbons (Fsp3) is 0.0909. The van der Waals surface area contributed by atoms with Crippen molar-refractivity contribution in [1.29, 1.82) is 0 Å². The molecule has 0 saturated carbocycles. The van der Waals surface area contributed by atoms with E-state index in [1.165, 1.54) is 24.3 Å². The van der Waals surface area contributed by atoms with E-state index in [4.69, 9.17) is 0 Å². The van der Waals surface area contributed by atoms with Crippen LogP contribution in [0.5, 0.6) is 0 Å². The molecule has 4 rings (SSSR count). The van der Waals surface area contributed by atoms with Gasteiger partial charge in [0.2, 0.25) is 0 Å². The van der Waals surface area contributed by atoms with Crippen molar-refractivity contribution in [2.75, 3.05) is 0 Å². The molecule has 6 nitrogen and oxygen atoms in total. The molecular weight excluding hydrogens is 464 g/mol. The van der Waals surface area contributed by atoms with Crippen molar-refractivity contribution in [1.82, 2.24) is 0 Å². The van der Waals surface area contributed by atoms with Gasteiger partial charge in [-0.1, -0.05) is 48.5 Å². The van der Waals surface area contributed by atoms with E-state index in [0.717, 1.165) is 32.7 Å². The Balaban J connectivity index is 0.000000213. The van der Waals surface area contributed by atoms with Crippen molar-refractivity contribution < 1.29 is 25.9 Å². The first-order valence-electron chi connectivity index (χ1n) is 8.87. The van der Waals surface area contributed by atoms with Crippen LogP contribution in [0.25, 0.3) is 21.5 Å². The van der Waals surface area contributed by atoms with Crippen molar-refractivity contribution in [2.24, 2.45) is 0 Å². The second-order valence-electron chi connectivity index (χ2n) is 6.82. The summed E-state index contributed by atoms with van der Waals surface area (Å²) in [6, 6.07) is 20.1. The second-order valence-corrected chi connectivity index (χ2v) is 9.58. The van der Waals surface area contributed by atoms with E-state index in [1.807, 2.05) is 50.2 Å². The summed E-state index contributed by atoms with van der Waals surface area (Å²) in [6.45, 7) is 3.76. The van der Waals surface area contributed by atoms with E-state index in [2.05, 4.69) is 0 Å². The maximum absolute atomic E-state index is 10.8. The molecule has 4 aromatic rings. The van der Waals surface area contributed by atoms with Gasteiger partial charge in [0.25, 0.3) is 0 Å². The smallest absolute Gasteiger partial charge is 0.744 e. The van der Waals surface area contributed by atoms with Crippen LogP contribution in [0.3, 0.4) is 0 Å². The molecule has 31 heavy (non-hydrogen) atoms. The number of hydrogen-bond acceptors (Lipinski definition) is 6. The summed E-state index contributed by atoms with van der Waals surface area (Å²) in [5.41, 5.74) is 1.91. The summed E-state index contributed by atoms with van der Waals surface area (Å²) < 4.78 is 65.0. The molecule has 156 valence electrons. The zero-order valence-corrected chi connectivity index (χ0v) is 20.7. The molecule has 0 aromatic heterocycles. The molecule has 0 saturated heterocycles. The Labute approximate surface area is 211 Å². The largest absolute Gasteiger partial charge is 2.00 e. The van der Waals surface area contributed by atoms with Crippen LogP contribution in [0, 0.1) is 13.8 Å². The third-order valence-electron chi connectivity index (χ3n) is 4.72. The van der Waals surface area contributed by atoms with E-state index < -0.39 is 20.2 Å². The zero-order chi connectivity index (χ0) is 22.1. The number of benzene rings is 4. The van der Waals surface area contributed by atoms with Gasteiger partial charge in [-0.05, 0) is 70.8 Å². The molecule has 0 unspecified atom stereocenters. The van der Waals surface area contributed by atoms with Crippen LogP contribution >= 0.6 is 0 Å². The first kappa shape index (κ1) is 25.7. The standard InChI is InChI=1S/2C11H10O3S.Ca/c2*1-8-3-2-4-9-5-6-10(7-11(8)9)15(12,13)14;/h2*2-7H,1H3,(H,12,13,14);/q;;+2/p-2. The van der Waals surface area contributed by atoms with Gasteiger partial charge in [0.15, 0.2) is 0 Å². The van der Waals surface area contributed by atoms with Crippen molar-refractivity contribution in [2.45, 2.75) is 23.6 Å². The Morgan fingerprint density at radius 3 is 1.26 bits per heavy atom. The van der Waals surface area contributed by atoms with Gasteiger partial charge in [0, 0.05) is 0 Å². The van der Waals surface area contributed by atoms with E-state index >= 15 is 0 Å². The molecule has 0 atom stereocenters. The molecule has 0 spiro atoms. The van der Waals surface area contributed by atoms with Gasteiger partial charge in [0.05, 0.1) is 9.79 Å². The van der Waals surface area contributed by atoms with E-state index in [9.17, 15) is 25.9 Å². The zero-order valence-electron chi connectivity index (χ0n) is 16.9. The Morgan fingerprint density at radius 2 is 0.935 bits per heavy atom. The molecule has 0 fully saturated rings. The molecular formula is C22H18CaO6S2. The first-order chi connectivity index (χ1) is 14.0. The van der Waals surface area contributed by atoms with Gasteiger partial charge >= 0.3 is 37.7 Å². The Hall–Kier alpha value is -1.52. The van der Waals surface area contributed by atoms with Crippen LogP contribution in [-0.2, 0) is 20.2 Å². The minimum atomic E-state index is -4.36. The van der Waals surface area contributed by atoms with Gasteiger partial charge in [-0.2, -0.15) is 0 Å². The van der Waals surface area contributed by atoms with Gasteiger partial charge in [0.1, 0.15) is 20.2 Å². The average molecular weight is 483 g/mol. The molecule has 0 amide bonds. The van der Waals surface area contributed by atoms with Crippen LogP contribution in [0.4, 0.5) is 0 Å². The summed E-state index contributed by atoms with van der Waals surface area (Å²) in [6.07, 6.45) is 0. The molecule has 0 heterocycles. The van der Waals surface area contributed by atoms with Crippen molar-refractivity contribution in [3.63, 3.8) is 0 Å². The van der Waals surface area contributed by atoms with Gasteiger partial charge in [-0.25, -0.2) is 16.8 Å². The van der Waals surface area contributed by atoms with Crippen LogP contribution in [0.15, 0.2) is 82.6 Å². The predicted molar refractivity (Wildman–Crippen MR) is 119 cm³/mol. The maximum atomic E-state index is 10.8. The third-order valence-corrected chi connectivity index (χ3v) is 6.38. The summed E-state index contributed by atoms with van der Waals surface area (Å²) in [7, 11) is -8.72. The Morgan fingerprint density at radius 1 is 0.581 bits per heavy atom. The van der Waals surface area contributed by atoms with Crippen LogP contribution in [0.1, 0.15) is 11.1 Å². The normalized spacial score (nSPS) is 11.5. The molecule has 0 aliphatic heterocycles. The van der Waals surface area contributed by atoms with Crippen molar-refractivity contribution >= 4 is 79.5 Å². The minimum absolute atomic E-state index is 0. The number of aryl methyl sites for hydroxylation is 2. The first-order valence-corrected chi connectivity index (χ1v) is 11.7. The monoisotopic (exact) mass is 482 g/mol. The number of fused-ring (bicyclic) bond motifs is 2. The fourth-order valence-corrected chi connectivity index (χ4v) is 4.12. The molecule has 0 aliphatic rings. The maximum Gasteiger partial charge on any atom is 2.00 e. The van der Waals surface area contributed by atoms with E-state index in [1.54, 1.807) is 12.1 Å². The summed E-state index contributed by atoms with van der Waals surface area (Å²) >= 11 is 0. The third kappa shape index (κ3) is 6.26. The van der Waals surface area contributed by atoms with Gasteiger partial charge < -0.3 is 9.11 Å². The summed E-state index contributed by atoms with van der Waals surface area (Å²) in [4.78, 5) is -0.353. The van der Waals surface area contributed by atoms with Crippen molar-refractivity contribution in [3.05, 3.63) is 83.9 Å². The SMILES string of the molecule is Cc1cccc2ccc(S(=O)(=O)[O-])cc12.Cc1cccc2ccc(S(=O)(=O)[O-])cc12.[Ca+2]. The summed E-state index contributed by atoms with van der Waals surface area (Å²) in [5.74, 6) is 0. The number of rotatable bonds is 2. The summed E-state index contributed by atoms with van der Waals surface area (Å²) in [5, 5.41) is 3.47. The molecule has 0 radical (unpaired) electrons. The second kappa shape index (κ2) is 9.95. The fourth-order valence-electron chi connectivity index (χ4n) is 3.13. The quantitative estimate of drug-likeness (QED) is 0.318. The van der Waals surface area contributed by atoms with E-state index in [-0.39, 0.29) is 47.5 Å². The van der Waals surface area contributed by atoms with Crippen LogP contribution in [0.2, 0.25) is 0 Å². The van der Waals surface area contributed by atoms with Crippen LogP contribution < -0.4 is 0 Å². The average Bonchev–Trinajstić information content (AvgIpc) is 2.67. The molecule has 9 heteroatoms. The van der Waals surface area contributed by atoms with Gasteiger partial charge in [-0.3, -0.25) is 0 Å². The van der Waals surface area contributed by atoms with E-state index in [0.29, 0.717) is 0 Å². The van der Waals surface area contributed by atoms with Crippen LogP contribution in [-0.4, -0.2) is 63.7 Å². The number of hydrogen-bond donors (Lipinski definition) is 0. The van der Waals surface area contributed by atoms with Gasteiger partial charge in [-0.15, -0.1) is 0 Å². The van der Waals surface area contributed by atoms with Crippen molar-refractivity contribution in [3.8, 4) is 0 Å². The minimum Gasteiger partial charge on any atom is -0.744 e. The topological polar surface area (TPSA) is 114 Å². The molecule has 4 aromatic carbocycles. The Kier molecular flexibility index (Phi) is 8.27. The molecule has 0 aliphatic carbocycles. The predicted octanol–water partition coefficient (Wildman–Crippen LogP) is 3.72. The Bertz CT molecular complexity index is 1350. The molecule has 0 bridgehead atoms.